The van der Waals surface area contributed by atoms with Gasteiger partial charge in [0.25, 0.3) is 0 Å². The molecule has 13 heavy (non-hydrogen) atoms. The molecule has 4 nitrogen and oxygen atoms in total. The molecule has 0 heterocycles. The van der Waals surface area contributed by atoms with Crippen molar-refractivity contribution in [2.45, 2.75) is 27.7 Å². The third-order valence-corrected chi connectivity index (χ3v) is 2.03. The largest absolute Gasteiger partial charge is 0.392 e. The van der Waals surface area contributed by atoms with Crippen LogP contribution in [0.5, 0.6) is 0 Å². The van der Waals surface area contributed by atoms with Crippen LogP contribution in [0, 0.1) is 11.3 Å². The molecule has 0 aliphatic rings. The second kappa shape index (κ2) is 4.37. The second-order valence-electron chi connectivity index (χ2n) is 4.08. The molecule has 1 atom stereocenters. The van der Waals surface area contributed by atoms with E-state index in [0.29, 0.717) is 0 Å². The molecule has 0 aliphatic carbocycles. The molecule has 0 amide bonds. The number of nitrogens with two attached hydrogens (primary N) is 1. The lowest BCUT2D eigenvalue weighted by molar-refractivity contribution is -0.163. The van der Waals surface area contributed by atoms with Crippen molar-refractivity contribution in [1.29, 1.82) is 0 Å². The molecular weight excluding hydrogens is 170 g/mol. The smallest absolute Gasteiger partial charge is 0.327 e. The van der Waals surface area contributed by atoms with Crippen LogP contribution in [0.25, 0.3) is 0 Å². The van der Waals surface area contributed by atoms with Crippen LogP contribution < -0.4 is 5.73 Å². The van der Waals surface area contributed by atoms with Crippen molar-refractivity contribution in [3.63, 3.8) is 0 Å². The summed E-state index contributed by atoms with van der Waals surface area (Å²) in [5.41, 5.74) is 4.80. The number of esters is 2. The quantitative estimate of drug-likeness (QED) is 0.510. The summed E-state index contributed by atoms with van der Waals surface area (Å²) in [7, 11) is 0. The highest BCUT2D eigenvalue weighted by atomic mass is 16.6. The summed E-state index contributed by atoms with van der Waals surface area (Å²) < 4.78 is 4.48. The van der Waals surface area contributed by atoms with Gasteiger partial charge >= 0.3 is 11.9 Å². The minimum absolute atomic E-state index is 0.202. The van der Waals surface area contributed by atoms with Crippen LogP contribution in [0.1, 0.15) is 27.7 Å². The van der Waals surface area contributed by atoms with E-state index >= 15 is 0 Å². The minimum Gasteiger partial charge on any atom is -0.392 e. The highest BCUT2D eigenvalue weighted by Crippen LogP contribution is 2.26. The summed E-state index contributed by atoms with van der Waals surface area (Å²) in [6.07, 6.45) is 0. The highest BCUT2D eigenvalue weighted by Gasteiger charge is 2.29. The van der Waals surface area contributed by atoms with Crippen LogP contribution in [0.3, 0.4) is 0 Å². The topological polar surface area (TPSA) is 69.4 Å². The van der Waals surface area contributed by atoms with Gasteiger partial charge in [0.2, 0.25) is 0 Å². The molecule has 0 spiro atoms. The summed E-state index contributed by atoms with van der Waals surface area (Å²) in [5.74, 6) is -1.51. The Labute approximate surface area is 78.4 Å². The molecule has 4 heteroatoms. The third-order valence-electron chi connectivity index (χ3n) is 2.03. The predicted octanol–water partition coefficient (Wildman–Crippen LogP) is 0.697. The number of hydrogen-bond acceptors (Lipinski definition) is 4. The lowest BCUT2D eigenvalue weighted by Gasteiger charge is -2.24. The minimum atomic E-state index is -0.680. The Bertz CT molecular complexity index is 205. The second-order valence-corrected chi connectivity index (χ2v) is 4.08. The van der Waals surface area contributed by atoms with Gasteiger partial charge in [0, 0.05) is 0 Å². The van der Waals surface area contributed by atoms with E-state index in [-0.39, 0.29) is 17.9 Å². The SMILES string of the molecule is CC(C(=O)OC(=O)CN)C(C)(C)C. The average Bonchev–Trinajstić information content (AvgIpc) is 2.01. The molecule has 0 aliphatic heterocycles. The maximum absolute atomic E-state index is 11.3. The number of hydrogen-bond donors (Lipinski definition) is 1. The van der Waals surface area contributed by atoms with Crippen LogP contribution >= 0.6 is 0 Å². The van der Waals surface area contributed by atoms with Gasteiger partial charge in [-0.25, -0.2) is 0 Å². The molecule has 0 rings (SSSR count). The van der Waals surface area contributed by atoms with Crippen LogP contribution in [0.4, 0.5) is 0 Å². The monoisotopic (exact) mass is 187 g/mol. The fourth-order valence-electron chi connectivity index (χ4n) is 0.596. The normalized spacial score (nSPS) is 13.6. The molecule has 0 radical (unpaired) electrons. The zero-order chi connectivity index (χ0) is 10.6. The van der Waals surface area contributed by atoms with Gasteiger partial charge in [-0.05, 0) is 5.41 Å². The van der Waals surface area contributed by atoms with Crippen LogP contribution in [0.2, 0.25) is 0 Å². The average molecular weight is 187 g/mol. The number of carbonyl (C=O) groups excluding carboxylic acids is 2. The molecular formula is C9H17NO3. The Balaban J connectivity index is 4.20. The van der Waals surface area contributed by atoms with E-state index in [1.54, 1.807) is 6.92 Å². The molecule has 0 saturated heterocycles. The van der Waals surface area contributed by atoms with Gasteiger partial charge in [-0.2, -0.15) is 0 Å². The first-order valence-corrected chi connectivity index (χ1v) is 4.23. The molecule has 2 N–H and O–H groups in total. The fourth-order valence-corrected chi connectivity index (χ4v) is 0.596. The van der Waals surface area contributed by atoms with Crippen molar-refractivity contribution in [2.75, 3.05) is 6.54 Å². The maximum Gasteiger partial charge on any atom is 0.327 e. The van der Waals surface area contributed by atoms with Gasteiger partial charge in [0.15, 0.2) is 0 Å². The summed E-state index contributed by atoms with van der Waals surface area (Å²) in [4.78, 5) is 21.9. The van der Waals surface area contributed by atoms with E-state index in [1.165, 1.54) is 0 Å². The number of rotatable bonds is 2. The molecule has 0 bridgehead atoms. The molecule has 0 aromatic heterocycles. The van der Waals surface area contributed by atoms with E-state index < -0.39 is 11.9 Å². The standard InChI is InChI=1S/C9H17NO3/c1-6(9(2,3)4)8(12)13-7(11)5-10/h6H,5,10H2,1-4H3. The first kappa shape index (κ1) is 12.1. The van der Waals surface area contributed by atoms with Crippen LogP contribution in [0.15, 0.2) is 0 Å². The van der Waals surface area contributed by atoms with Crippen LogP contribution in [-0.4, -0.2) is 18.5 Å². The van der Waals surface area contributed by atoms with Crippen molar-refractivity contribution in [3.8, 4) is 0 Å². The number of carbonyl (C=O) groups is 2. The van der Waals surface area contributed by atoms with Crippen molar-refractivity contribution in [1.82, 2.24) is 0 Å². The predicted molar refractivity (Wildman–Crippen MR) is 48.8 cm³/mol. The zero-order valence-corrected chi connectivity index (χ0v) is 8.59. The van der Waals surface area contributed by atoms with E-state index in [9.17, 15) is 9.59 Å². The van der Waals surface area contributed by atoms with Crippen LogP contribution in [-0.2, 0) is 14.3 Å². The van der Waals surface area contributed by atoms with Crippen molar-refractivity contribution >= 4 is 11.9 Å². The molecule has 0 saturated carbocycles. The first-order valence-electron chi connectivity index (χ1n) is 4.23. The van der Waals surface area contributed by atoms with E-state index in [1.807, 2.05) is 20.8 Å². The van der Waals surface area contributed by atoms with E-state index in [4.69, 9.17) is 5.73 Å². The Morgan fingerprint density at radius 1 is 1.38 bits per heavy atom. The Morgan fingerprint density at radius 3 is 2.15 bits per heavy atom. The van der Waals surface area contributed by atoms with Gasteiger partial charge in [-0.1, -0.05) is 27.7 Å². The first-order chi connectivity index (χ1) is 5.79. The van der Waals surface area contributed by atoms with Gasteiger partial charge in [0.05, 0.1) is 12.5 Å². The molecule has 0 aromatic carbocycles. The lowest BCUT2D eigenvalue weighted by Crippen LogP contribution is -2.31. The summed E-state index contributed by atoms with van der Waals surface area (Å²) in [6.45, 7) is 7.19. The Kier molecular flexibility index (Phi) is 4.07. The number of ether oxygens (including phenoxy) is 1. The molecule has 1 unspecified atom stereocenters. The molecule has 0 fully saturated rings. The van der Waals surface area contributed by atoms with Gasteiger partial charge in [-0.15, -0.1) is 0 Å². The van der Waals surface area contributed by atoms with Gasteiger partial charge in [-0.3, -0.25) is 9.59 Å². The Hall–Kier alpha value is -0.900. The summed E-state index contributed by atoms with van der Waals surface area (Å²) >= 11 is 0. The Morgan fingerprint density at radius 2 is 1.85 bits per heavy atom. The van der Waals surface area contributed by atoms with Gasteiger partial charge < -0.3 is 10.5 Å². The molecule has 0 aromatic rings. The van der Waals surface area contributed by atoms with E-state index in [0.717, 1.165) is 0 Å². The summed E-state index contributed by atoms with van der Waals surface area (Å²) in [5, 5.41) is 0. The zero-order valence-electron chi connectivity index (χ0n) is 8.59. The van der Waals surface area contributed by atoms with Crippen molar-refractivity contribution < 1.29 is 14.3 Å². The fraction of sp³-hybridized carbons (Fsp3) is 0.778. The third kappa shape index (κ3) is 4.03. The maximum atomic E-state index is 11.3. The van der Waals surface area contributed by atoms with Crippen molar-refractivity contribution in [2.24, 2.45) is 17.1 Å². The van der Waals surface area contributed by atoms with E-state index in [2.05, 4.69) is 4.74 Å². The van der Waals surface area contributed by atoms with Crippen molar-refractivity contribution in [3.05, 3.63) is 0 Å². The summed E-state index contributed by atoms with van der Waals surface area (Å²) in [6, 6.07) is 0. The van der Waals surface area contributed by atoms with Gasteiger partial charge in [0.1, 0.15) is 0 Å². The lowest BCUT2D eigenvalue weighted by atomic mass is 9.82. The molecule has 76 valence electrons. The highest BCUT2D eigenvalue weighted by molar-refractivity contribution is 5.87.